The Morgan fingerprint density at radius 1 is 1.40 bits per heavy atom. The maximum atomic E-state index is 12.7. The average molecular weight is 419 g/mol. The first-order valence-corrected chi connectivity index (χ1v) is 9.45. The summed E-state index contributed by atoms with van der Waals surface area (Å²) in [6.45, 7) is 1.90. The molecule has 1 aromatic carbocycles. The number of halogens is 1. The largest absolute Gasteiger partial charge is 0.338 e. The minimum atomic E-state index is -0.764. The van der Waals surface area contributed by atoms with Gasteiger partial charge in [-0.05, 0) is 27.9 Å². The Hall–Kier alpha value is -2.12. The molecule has 1 amide bonds. The number of carbonyl (C=O) groups excluding carboxylic acids is 3. The van der Waals surface area contributed by atoms with Gasteiger partial charge in [0, 0.05) is 5.38 Å². The van der Waals surface area contributed by atoms with Gasteiger partial charge in [-0.15, -0.1) is 11.3 Å². The van der Waals surface area contributed by atoms with Crippen LogP contribution in [-0.2, 0) is 4.79 Å². The molecule has 2 unspecified atom stereocenters. The number of hydrogen-bond donors (Lipinski definition) is 1. The maximum Gasteiger partial charge on any atom is 0.253 e. The molecule has 0 fully saturated rings. The van der Waals surface area contributed by atoms with Crippen molar-refractivity contribution in [3.8, 4) is 0 Å². The van der Waals surface area contributed by atoms with Crippen molar-refractivity contribution in [2.45, 2.75) is 19.4 Å². The van der Waals surface area contributed by atoms with Crippen molar-refractivity contribution in [3.05, 3.63) is 52.4 Å². The van der Waals surface area contributed by atoms with Gasteiger partial charge in [0.05, 0.1) is 21.7 Å². The number of nitrogens with zero attached hydrogens (tertiary/aromatic N) is 1. The van der Waals surface area contributed by atoms with E-state index in [1.165, 1.54) is 11.3 Å². The smallest absolute Gasteiger partial charge is 0.253 e. The van der Waals surface area contributed by atoms with Crippen molar-refractivity contribution in [2.24, 2.45) is 10.9 Å². The second-order valence-corrected chi connectivity index (χ2v) is 7.26. The molecule has 2 heterocycles. The summed E-state index contributed by atoms with van der Waals surface area (Å²) in [5.41, 5.74) is 1.30. The minimum absolute atomic E-state index is 0.117. The van der Waals surface area contributed by atoms with Crippen molar-refractivity contribution in [1.82, 2.24) is 5.32 Å². The monoisotopic (exact) mass is 418 g/mol. The molecule has 5 nitrogen and oxygen atoms in total. The van der Waals surface area contributed by atoms with E-state index in [1.807, 2.05) is 13.0 Å². The van der Waals surface area contributed by atoms with Gasteiger partial charge in [0.25, 0.3) is 5.91 Å². The van der Waals surface area contributed by atoms with Crippen LogP contribution < -0.4 is 5.32 Å². The Kier molecular flexibility index (Phi) is 5.24. The first kappa shape index (κ1) is 17.7. The number of aliphatic imine (C=N–C) groups is 1. The highest BCUT2D eigenvalue weighted by molar-refractivity contribution is 9.18. The molecule has 0 bridgehead atoms. The van der Waals surface area contributed by atoms with Gasteiger partial charge in [-0.3, -0.25) is 9.59 Å². The van der Waals surface area contributed by atoms with E-state index in [2.05, 4.69) is 26.2 Å². The van der Waals surface area contributed by atoms with Crippen molar-refractivity contribution in [2.75, 3.05) is 0 Å². The number of benzene rings is 1. The van der Waals surface area contributed by atoms with Crippen molar-refractivity contribution < 1.29 is 14.4 Å². The molecule has 2 atom stereocenters. The number of amides is 1. The lowest BCUT2D eigenvalue weighted by atomic mass is 9.93. The van der Waals surface area contributed by atoms with Gasteiger partial charge in [-0.2, -0.15) is 0 Å². The Labute approximate surface area is 157 Å². The number of rotatable bonds is 5. The van der Waals surface area contributed by atoms with E-state index in [-0.39, 0.29) is 17.3 Å². The number of thiophene rings is 1. The third kappa shape index (κ3) is 3.34. The molecule has 3 rings (SSSR count). The summed E-state index contributed by atoms with van der Waals surface area (Å²) in [5.74, 6) is -0.937. The van der Waals surface area contributed by atoms with Gasteiger partial charge in [-0.25, -0.2) is 4.99 Å². The van der Waals surface area contributed by atoms with E-state index >= 15 is 0 Å². The van der Waals surface area contributed by atoms with Crippen LogP contribution in [0.5, 0.6) is 0 Å². The second-order valence-electron chi connectivity index (χ2n) is 5.59. The van der Waals surface area contributed by atoms with Crippen molar-refractivity contribution in [1.29, 1.82) is 0 Å². The van der Waals surface area contributed by atoms with Gasteiger partial charge in [0.1, 0.15) is 17.3 Å². The molecule has 128 valence electrons. The SMILES string of the molecule is CCC1C(=O)c2c(C(=O)NC(C=O)c3ccccc3)csc2N=C1Br. The molecule has 0 radical (unpaired) electrons. The third-order valence-electron chi connectivity index (χ3n) is 4.06. The fraction of sp³-hybridized carbons (Fsp3) is 0.222. The highest BCUT2D eigenvalue weighted by Crippen LogP contribution is 2.39. The van der Waals surface area contributed by atoms with E-state index in [9.17, 15) is 14.4 Å². The first-order chi connectivity index (χ1) is 12.1. The molecular formula is C18H15BrN2O3S. The zero-order chi connectivity index (χ0) is 18.0. The lowest BCUT2D eigenvalue weighted by molar-refractivity contribution is -0.109. The average Bonchev–Trinajstić information content (AvgIpc) is 3.04. The number of ketones is 1. The molecule has 0 saturated carbocycles. The fourth-order valence-electron chi connectivity index (χ4n) is 2.72. The van der Waals surface area contributed by atoms with Gasteiger partial charge < -0.3 is 10.1 Å². The Bertz CT molecular complexity index is 860. The van der Waals surface area contributed by atoms with Crippen molar-refractivity contribution >= 4 is 54.9 Å². The zero-order valence-electron chi connectivity index (χ0n) is 13.4. The number of Topliss-reactive ketones (excluding diaryl/α,β-unsaturated/α-hetero) is 1. The maximum absolute atomic E-state index is 12.7. The molecule has 0 saturated heterocycles. The van der Waals surface area contributed by atoms with E-state index in [1.54, 1.807) is 29.6 Å². The summed E-state index contributed by atoms with van der Waals surface area (Å²) in [6.07, 6.45) is 1.28. The minimum Gasteiger partial charge on any atom is -0.338 e. The zero-order valence-corrected chi connectivity index (χ0v) is 15.8. The topological polar surface area (TPSA) is 75.6 Å². The second kappa shape index (κ2) is 7.41. The van der Waals surface area contributed by atoms with E-state index in [0.29, 0.717) is 33.5 Å². The Morgan fingerprint density at radius 3 is 2.76 bits per heavy atom. The number of carbonyl (C=O) groups is 3. The van der Waals surface area contributed by atoms with Gasteiger partial charge >= 0.3 is 0 Å². The summed E-state index contributed by atoms with van der Waals surface area (Å²) in [5, 5.41) is 4.83. The van der Waals surface area contributed by atoms with Gasteiger partial charge in [-0.1, -0.05) is 37.3 Å². The summed E-state index contributed by atoms with van der Waals surface area (Å²) < 4.78 is 0.594. The molecule has 7 heteroatoms. The molecular weight excluding hydrogens is 404 g/mol. The molecule has 0 spiro atoms. The molecule has 1 N–H and O–H groups in total. The number of aldehydes is 1. The van der Waals surface area contributed by atoms with Crippen LogP contribution in [-0.4, -0.2) is 22.6 Å². The van der Waals surface area contributed by atoms with Crippen LogP contribution in [0.3, 0.4) is 0 Å². The predicted molar refractivity (Wildman–Crippen MR) is 101 cm³/mol. The van der Waals surface area contributed by atoms with Crippen LogP contribution in [0.1, 0.15) is 45.7 Å². The van der Waals surface area contributed by atoms with Gasteiger partial charge in [0.2, 0.25) is 0 Å². The highest BCUT2D eigenvalue weighted by Gasteiger charge is 2.34. The Morgan fingerprint density at radius 2 is 2.12 bits per heavy atom. The van der Waals surface area contributed by atoms with Crippen LogP contribution >= 0.6 is 27.3 Å². The number of hydrogen-bond acceptors (Lipinski definition) is 5. The number of nitrogens with one attached hydrogen (secondary N) is 1. The molecule has 25 heavy (non-hydrogen) atoms. The van der Waals surface area contributed by atoms with Gasteiger partial charge in [0.15, 0.2) is 5.78 Å². The summed E-state index contributed by atoms with van der Waals surface area (Å²) >= 11 is 4.59. The molecule has 0 aliphatic carbocycles. The van der Waals surface area contributed by atoms with Crippen LogP contribution in [0.25, 0.3) is 0 Å². The van der Waals surface area contributed by atoms with E-state index in [4.69, 9.17) is 0 Å². The summed E-state index contributed by atoms with van der Waals surface area (Å²) in [4.78, 5) is 41.2. The third-order valence-corrected chi connectivity index (χ3v) is 5.67. The lowest BCUT2D eigenvalue weighted by Gasteiger charge is -2.18. The standard InChI is InChI=1S/C18H15BrN2O3S/c1-2-11-15(23)14-12(9-25-18(14)21-16(11)19)17(24)20-13(8-22)10-6-4-3-5-7-10/h3-9,11,13H,2H2,1H3,(H,20,24). The van der Waals surface area contributed by atoms with Crippen LogP contribution in [0.4, 0.5) is 5.00 Å². The quantitative estimate of drug-likeness (QED) is 0.743. The molecule has 2 aromatic rings. The highest BCUT2D eigenvalue weighted by atomic mass is 79.9. The van der Waals surface area contributed by atoms with Crippen LogP contribution in [0, 0.1) is 5.92 Å². The Balaban J connectivity index is 1.90. The molecule has 1 aromatic heterocycles. The fourth-order valence-corrected chi connectivity index (χ4v) is 4.48. The van der Waals surface area contributed by atoms with Crippen LogP contribution in [0.2, 0.25) is 0 Å². The first-order valence-electron chi connectivity index (χ1n) is 7.77. The molecule has 1 aliphatic heterocycles. The normalized spacial score (nSPS) is 17.4. The summed E-state index contributed by atoms with van der Waals surface area (Å²) in [6, 6.07) is 8.20. The van der Waals surface area contributed by atoms with Crippen molar-refractivity contribution in [3.63, 3.8) is 0 Å². The lowest BCUT2D eigenvalue weighted by Crippen LogP contribution is -2.31. The predicted octanol–water partition coefficient (Wildman–Crippen LogP) is 4.07. The summed E-state index contributed by atoms with van der Waals surface area (Å²) in [7, 11) is 0. The van der Waals surface area contributed by atoms with Crippen LogP contribution in [0.15, 0.2) is 40.7 Å². The van der Waals surface area contributed by atoms with E-state index < -0.39 is 11.9 Å². The number of fused-ring (bicyclic) bond motifs is 1. The van der Waals surface area contributed by atoms with E-state index in [0.717, 1.165) is 0 Å². The molecule has 1 aliphatic rings.